The second kappa shape index (κ2) is 5.83. The summed E-state index contributed by atoms with van der Waals surface area (Å²) >= 11 is 0. The molecule has 17 heavy (non-hydrogen) atoms. The van der Waals surface area contributed by atoms with Gasteiger partial charge in [0.25, 0.3) is 5.91 Å². The van der Waals surface area contributed by atoms with Crippen LogP contribution >= 0.6 is 0 Å². The van der Waals surface area contributed by atoms with Gasteiger partial charge in [-0.2, -0.15) is 0 Å². The summed E-state index contributed by atoms with van der Waals surface area (Å²) in [5, 5.41) is 2.49. The summed E-state index contributed by atoms with van der Waals surface area (Å²) in [7, 11) is 0. The molecule has 0 bridgehead atoms. The van der Waals surface area contributed by atoms with Gasteiger partial charge in [0.1, 0.15) is 12.3 Å². The molecule has 8 heteroatoms. The van der Waals surface area contributed by atoms with Crippen LogP contribution in [0.3, 0.4) is 0 Å². The predicted octanol–water partition coefficient (Wildman–Crippen LogP) is -1.84. The van der Waals surface area contributed by atoms with Gasteiger partial charge in [0.05, 0.1) is 6.54 Å². The number of hydrogen-bond acceptors (Lipinski definition) is 4. The zero-order chi connectivity index (χ0) is 12.8. The molecular formula is C9H15N5O3. The molecule has 1 aliphatic rings. The van der Waals surface area contributed by atoms with Gasteiger partial charge in [-0.05, 0) is 12.8 Å². The molecule has 8 nitrogen and oxygen atoms in total. The van der Waals surface area contributed by atoms with E-state index in [0.29, 0.717) is 25.7 Å². The Kier molecular flexibility index (Phi) is 4.44. The van der Waals surface area contributed by atoms with Crippen molar-refractivity contribution in [3.8, 4) is 0 Å². The van der Waals surface area contributed by atoms with Crippen LogP contribution in [-0.2, 0) is 9.59 Å². The van der Waals surface area contributed by atoms with Crippen LogP contribution in [0.5, 0.6) is 0 Å². The second-order valence-electron chi connectivity index (χ2n) is 3.57. The van der Waals surface area contributed by atoms with E-state index in [1.165, 1.54) is 0 Å². The van der Waals surface area contributed by atoms with Gasteiger partial charge in [0, 0.05) is 6.54 Å². The van der Waals surface area contributed by atoms with Crippen LogP contribution < -0.4 is 16.8 Å². The number of nitrogens with two attached hydrogens (primary N) is 2. The van der Waals surface area contributed by atoms with Crippen LogP contribution in [-0.4, -0.2) is 48.2 Å². The molecule has 94 valence electrons. The smallest absolute Gasteiger partial charge is 0.325 e. The highest BCUT2D eigenvalue weighted by molar-refractivity contribution is 6.05. The number of aliphatic imine (C=N–C) groups is 1. The normalized spacial score (nSPS) is 19.1. The molecule has 5 N–H and O–H groups in total. The van der Waals surface area contributed by atoms with Crippen LogP contribution in [0.15, 0.2) is 4.99 Å². The Bertz CT molecular complexity index is 351. The summed E-state index contributed by atoms with van der Waals surface area (Å²) in [4.78, 5) is 37.9. The lowest BCUT2D eigenvalue weighted by Gasteiger charge is -2.08. The first kappa shape index (κ1) is 12.9. The highest BCUT2D eigenvalue weighted by Crippen LogP contribution is 2.10. The Balaban J connectivity index is 2.41. The molecule has 1 heterocycles. The topological polar surface area (TPSA) is 131 Å². The number of carbonyl (C=O) groups is 3. The molecule has 0 radical (unpaired) electrons. The monoisotopic (exact) mass is 241 g/mol. The summed E-state index contributed by atoms with van der Waals surface area (Å²) in [6.45, 7) is 0.185. The SMILES string of the molecule is NC(N)=NCCC[C@@H]1NC(=O)N(CC=O)C1=O. The number of guanidine groups is 1. The van der Waals surface area contributed by atoms with Crippen molar-refractivity contribution in [2.24, 2.45) is 16.5 Å². The minimum Gasteiger partial charge on any atom is -0.370 e. The highest BCUT2D eigenvalue weighted by atomic mass is 16.2. The number of amides is 3. The Morgan fingerprint density at radius 2 is 2.18 bits per heavy atom. The number of rotatable bonds is 6. The minimum atomic E-state index is -0.586. The summed E-state index contributed by atoms with van der Waals surface area (Å²) < 4.78 is 0. The van der Waals surface area contributed by atoms with Gasteiger partial charge in [0.15, 0.2) is 5.96 Å². The van der Waals surface area contributed by atoms with Crippen LogP contribution in [0.4, 0.5) is 4.79 Å². The molecule has 0 aromatic carbocycles. The first-order valence-electron chi connectivity index (χ1n) is 5.17. The standard InChI is InChI=1S/C9H15N5O3/c10-8(11)12-3-1-2-6-7(16)14(4-5-15)9(17)13-6/h5-6H,1-4H2,(H,13,17)(H4,10,11,12)/t6-/m0/s1. The van der Waals surface area contributed by atoms with E-state index < -0.39 is 12.1 Å². The maximum absolute atomic E-state index is 11.6. The van der Waals surface area contributed by atoms with Crippen molar-refractivity contribution in [3.05, 3.63) is 0 Å². The number of hydrogen-bond donors (Lipinski definition) is 3. The Morgan fingerprint density at radius 3 is 2.76 bits per heavy atom. The lowest BCUT2D eigenvalue weighted by atomic mass is 10.1. The van der Waals surface area contributed by atoms with E-state index in [1.54, 1.807) is 0 Å². The van der Waals surface area contributed by atoms with Gasteiger partial charge in [-0.15, -0.1) is 0 Å². The average Bonchev–Trinajstić information content (AvgIpc) is 2.52. The van der Waals surface area contributed by atoms with E-state index in [9.17, 15) is 14.4 Å². The van der Waals surface area contributed by atoms with Crippen LogP contribution in [0.1, 0.15) is 12.8 Å². The quantitative estimate of drug-likeness (QED) is 0.165. The van der Waals surface area contributed by atoms with E-state index in [0.717, 1.165) is 4.90 Å². The van der Waals surface area contributed by atoms with Crippen molar-refractivity contribution in [2.75, 3.05) is 13.1 Å². The van der Waals surface area contributed by atoms with Gasteiger partial charge in [-0.1, -0.05) is 0 Å². The minimum absolute atomic E-state index is 0.00522. The molecular weight excluding hydrogens is 226 g/mol. The Hall–Kier alpha value is -2.12. The fourth-order valence-corrected chi connectivity index (χ4v) is 1.52. The van der Waals surface area contributed by atoms with Gasteiger partial charge >= 0.3 is 6.03 Å². The summed E-state index contributed by atoms with van der Waals surface area (Å²) in [5.74, 6) is -0.388. The summed E-state index contributed by atoms with van der Waals surface area (Å²) in [5.41, 5.74) is 10.3. The molecule has 1 aliphatic heterocycles. The highest BCUT2D eigenvalue weighted by Gasteiger charge is 2.36. The molecule has 0 aliphatic carbocycles. The molecule has 1 atom stereocenters. The fourth-order valence-electron chi connectivity index (χ4n) is 1.52. The van der Waals surface area contributed by atoms with Crippen molar-refractivity contribution in [1.82, 2.24) is 10.2 Å². The van der Waals surface area contributed by atoms with Crippen LogP contribution in [0.25, 0.3) is 0 Å². The molecule has 0 unspecified atom stereocenters. The van der Waals surface area contributed by atoms with Gasteiger partial charge < -0.3 is 21.6 Å². The van der Waals surface area contributed by atoms with Crippen LogP contribution in [0.2, 0.25) is 0 Å². The van der Waals surface area contributed by atoms with Gasteiger partial charge in [-0.3, -0.25) is 14.7 Å². The third kappa shape index (κ3) is 3.44. The zero-order valence-electron chi connectivity index (χ0n) is 9.26. The second-order valence-corrected chi connectivity index (χ2v) is 3.57. The average molecular weight is 241 g/mol. The summed E-state index contributed by atoms with van der Waals surface area (Å²) in [6, 6.07) is -1.12. The van der Waals surface area contributed by atoms with Crippen molar-refractivity contribution in [1.29, 1.82) is 0 Å². The third-order valence-corrected chi connectivity index (χ3v) is 2.31. The summed E-state index contributed by atoms with van der Waals surface area (Å²) in [6.07, 6.45) is 1.53. The number of aldehydes is 1. The first-order chi connectivity index (χ1) is 8.06. The van der Waals surface area contributed by atoms with Crippen molar-refractivity contribution in [3.63, 3.8) is 0 Å². The van der Waals surface area contributed by atoms with E-state index in [1.807, 2.05) is 0 Å². The van der Waals surface area contributed by atoms with Crippen molar-refractivity contribution < 1.29 is 14.4 Å². The predicted molar refractivity (Wildman–Crippen MR) is 60.0 cm³/mol. The molecule has 1 fully saturated rings. The maximum Gasteiger partial charge on any atom is 0.325 e. The van der Waals surface area contributed by atoms with E-state index >= 15 is 0 Å². The Labute approximate surface area is 98.0 Å². The van der Waals surface area contributed by atoms with Gasteiger partial charge in [-0.25, -0.2) is 4.79 Å². The Morgan fingerprint density at radius 1 is 1.47 bits per heavy atom. The van der Waals surface area contributed by atoms with Crippen LogP contribution in [0, 0.1) is 0 Å². The fraction of sp³-hybridized carbons (Fsp3) is 0.556. The lowest BCUT2D eigenvalue weighted by Crippen LogP contribution is -2.33. The van der Waals surface area contributed by atoms with E-state index in [-0.39, 0.29) is 18.4 Å². The maximum atomic E-state index is 11.6. The van der Waals surface area contributed by atoms with E-state index in [4.69, 9.17) is 11.5 Å². The molecule has 0 aromatic rings. The number of nitrogens with one attached hydrogen (secondary N) is 1. The number of imide groups is 1. The molecule has 3 amide bonds. The molecule has 1 saturated heterocycles. The zero-order valence-corrected chi connectivity index (χ0v) is 9.26. The molecule has 0 aromatic heterocycles. The number of carbonyl (C=O) groups excluding carboxylic acids is 3. The third-order valence-electron chi connectivity index (χ3n) is 2.31. The molecule has 0 spiro atoms. The van der Waals surface area contributed by atoms with Crippen molar-refractivity contribution >= 4 is 24.2 Å². The lowest BCUT2D eigenvalue weighted by molar-refractivity contribution is -0.129. The number of nitrogens with zero attached hydrogens (tertiary/aromatic N) is 2. The molecule has 1 rings (SSSR count). The van der Waals surface area contributed by atoms with Crippen molar-refractivity contribution in [2.45, 2.75) is 18.9 Å². The van der Waals surface area contributed by atoms with Gasteiger partial charge in [0.2, 0.25) is 0 Å². The number of urea groups is 1. The van der Waals surface area contributed by atoms with E-state index in [2.05, 4.69) is 10.3 Å². The first-order valence-corrected chi connectivity index (χ1v) is 5.17. The molecule has 0 saturated carbocycles. The largest absolute Gasteiger partial charge is 0.370 e.